The van der Waals surface area contributed by atoms with Crippen molar-refractivity contribution in [3.05, 3.63) is 47.0 Å². The molecule has 0 unspecified atom stereocenters. The fraction of sp³-hybridized carbons (Fsp3) is 0.471. The second-order valence-corrected chi connectivity index (χ2v) is 5.65. The second kappa shape index (κ2) is 5.70. The molecule has 1 aromatic carbocycles. The number of nitrogens with zero attached hydrogens (tertiary/aromatic N) is 2. The van der Waals surface area contributed by atoms with Crippen LogP contribution in [0.3, 0.4) is 0 Å². The van der Waals surface area contributed by atoms with Gasteiger partial charge in [0.2, 0.25) is 0 Å². The highest BCUT2D eigenvalue weighted by Gasteiger charge is 2.17. The van der Waals surface area contributed by atoms with Crippen LogP contribution >= 0.6 is 0 Å². The van der Waals surface area contributed by atoms with Crippen LogP contribution in [0.4, 0.5) is 5.69 Å². The van der Waals surface area contributed by atoms with E-state index in [9.17, 15) is 0 Å². The number of nitrogens with one attached hydrogen (secondary N) is 1. The molecule has 0 radical (unpaired) electrons. The third-order valence-corrected chi connectivity index (χ3v) is 4.22. The van der Waals surface area contributed by atoms with E-state index >= 15 is 0 Å². The molecule has 1 N–H and O–H groups in total. The number of benzene rings is 1. The van der Waals surface area contributed by atoms with Crippen LogP contribution in [0.5, 0.6) is 0 Å². The van der Waals surface area contributed by atoms with Crippen LogP contribution in [0.1, 0.15) is 35.6 Å². The zero-order chi connectivity index (χ0) is 13.9. The van der Waals surface area contributed by atoms with Crippen LogP contribution in [-0.2, 0) is 19.4 Å². The highest BCUT2D eigenvalue weighted by atomic mass is 15.1. The lowest BCUT2D eigenvalue weighted by molar-refractivity contribution is 0.606. The molecule has 0 saturated heterocycles. The summed E-state index contributed by atoms with van der Waals surface area (Å²) in [7, 11) is 0. The molecule has 0 atom stereocenters. The van der Waals surface area contributed by atoms with E-state index in [4.69, 9.17) is 4.98 Å². The first-order valence-corrected chi connectivity index (χ1v) is 7.60. The molecule has 20 heavy (non-hydrogen) atoms. The number of rotatable bonds is 4. The van der Waals surface area contributed by atoms with E-state index in [1.54, 1.807) is 0 Å². The Balaban J connectivity index is 1.67. The Labute approximate surface area is 121 Å². The minimum Gasteiger partial charge on any atom is -0.383 e. The summed E-state index contributed by atoms with van der Waals surface area (Å²) < 4.78 is 2.40. The highest BCUT2D eigenvalue weighted by molar-refractivity contribution is 5.50. The lowest BCUT2D eigenvalue weighted by Gasteiger charge is -2.16. The van der Waals surface area contributed by atoms with Crippen molar-refractivity contribution in [3.8, 4) is 0 Å². The minimum atomic E-state index is 0.953. The number of hydrogen-bond donors (Lipinski definition) is 1. The average molecular weight is 269 g/mol. The Morgan fingerprint density at radius 2 is 1.95 bits per heavy atom. The van der Waals surface area contributed by atoms with Crippen molar-refractivity contribution in [2.75, 3.05) is 11.9 Å². The third-order valence-electron chi connectivity index (χ3n) is 4.22. The quantitative estimate of drug-likeness (QED) is 0.920. The maximum Gasteiger partial charge on any atom is 0.106 e. The van der Waals surface area contributed by atoms with Crippen LogP contribution < -0.4 is 5.32 Å². The van der Waals surface area contributed by atoms with Gasteiger partial charge >= 0.3 is 0 Å². The standard InChI is InChI=1S/C17H23N3/c1-13-7-3-4-8-15(13)18-11-12-20-14(2)19-16-9-5-6-10-17(16)20/h3-4,7-8,18H,5-6,9-12H2,1-2H3. The van der Waals surface area contributed by atoms with Crippen molar-refractivity contribution in [3.63, 3.8) is 0 Å². The summed E-state index contributed by atoms with van der Waals surface area (Å²) in [5, 5.41) is 3.54. The van der Waals surface area contributed by atoms with Gasteiger partial charge in [-0.3, -0.25) is 0 Å². The third kappa shape index (κ3) is 2.58. The van der Waals surface area contributed by atoms with Gasteiger partial charge in [0.1, 0.15) is 5.82 Å². The van der Waals surface area contributed by atoms with Crippen LogP contribution in [0.15, 0.2) is 24.3 Å². The van der Waals surface area contributed by atoms with Crippen molar-refractivity contribution in [1.29, 1.82) is 0 Å². The Morgan fingerprint density at radius 3 is 2.80 bits per heavy atom. The molecule has 0 fully saturated rings. The van der Waals surface area contributed by atoms with Crippen LogP contribution in [0.25, 0.3) is 0 Å². The summed E-state index contributed by atoms with van der Waals surface area (Å²) in [6.07, 6.45) is 4.96. The topological polar surface area (TPSA) is 29.9 Å². The van der Waals surface area contributed by atoms with E-state index in [1.807, 2.05) is 0 Å². The predicted molar refractivity (Wildman–Crippen MR) is 83.3 cm³/mol. The molecule has 1 aromatic heterocycles. The molecule has 3 rings (SSSR count). The summed E-state index contributed by atoms with van der Waals surface area (Å²) in [4.78, 5) is 4.73. The largest absolute Gasteiger partial charge is 0.383 e. The first kappa shape index (κ1) is 13.2. The molecule has 0 spiro atoms. The van der Waals surface area contributed by atoms with Crippen molar-refractivity contribution in [2.45, 2.75) is 46.1 Å². The van der Waals surface area contributed by atoms with E-state index in [0.29, 0.717) is 0 Å². The van der Waals surface area contributed by atoms with Gasteiger partial charge in [0.05, 0.1) is 5.69 Å². The smallest absolute Gasteiger partial charge is 0.106 e. The second-order valence-electron chi connectivity index (χ2n) is 5.65. The molecular weight excluding hydrogens is 246 g/mol. The van der Waals surface area contributed by atoms with E-state index in [2.05, 4.69) is 48.0 Å². The van der Waals surface area contributed by atoms with Gasteiger partial charge < -0.3 is 9.88 Å². The van der Waals surface area contributed by atoms with E-state index < -0.39 is 0 Å². The molecule has 3 heteroatoms. The van der Waals surface area contributed by atoms with Gasteiger partial charge in [0, 0.05) is 24.5 Å². The predicted octanol–water partition coefficient (Wildman–Crippen LogP) is 3.49. The molecule has 2 aromatic rings. The number of hydrogen-bond acceptors (Lipinski definition) is 2. The van der Waals surface area contributed by atoms with E-state index in [-0.39, 0.29) is 0 Å². The lowest BCUT2D eigenvalue weighted by Crippen LogP contribution is -2.15. The molecule has 1 heterocycles. The monoisotopic (exact) mass is 269 g/mol. The van der Waals surface area contributed by atoms with Gasteiger partial charge in [0.25, 0.3) is 0 Å². The number of imidazole rings is 1. The maximum absolute atomic E-state index is 4.73. The Kier molecular flexibility index (Phi) is 3.77. The Morgan fingerprint density at radius 1 is 1.15 bits per heavy atom. The van der Waals surface area contributed by atoms with Gasteiger partial charge in [-0.25, -0.2) is 4.98 Å². The van der Waals surface area contributed by atoms with Crippen molar-refractivity contribution < 1.29 is 0 Å². The van der Waals surface area contributed by atoms with Gasteiger partial charge in [-0.05, 0) is 51.2 Å². The fourth-order valence-electron chi connectivity index (χ4n) is 3.11. The number of fused-ring (bicyclic) bond motifs is 1. The van der Waals surface area contributed by atoms with E-state index in [0.717, 1.165) is 19.5 Å². The molecule has 1 aliphatic carbocycles. The van der Waals surface area contributed by atoms with Gasteiger partial charge in [0.15, 0.2) is 0 Å². The lowest BCUT2D eigenvalue weighted by atomic mass is 10.0. The zero-order valence-corrected chi connectivity index (χ0v) is 12.4. The summed E-state index contributed by atoms with van der Waals surface area (Å²) in [6.45, 7) is 6.23. The van der Waals surface area contributed by atoms with Crippen LogP contribution in [-0.4, -0.2) is 16.1 Å². The number of aromatic nitrogens is 2. The van der Waals surface area contributed by atoms with Crippen molar-refractivity contribution in [1.82, 2.24) is 9.55 Å². The molecule has 0 amide bonds. The SMILES string of the molecule is Cc1ccccc1NCCn1c(C)nc2c1CCCC2. The number of aryl methyl sites for hydroxylation is 3. The highest BCUT2D eigenvalue weighted by Crippen LogP contribution is 2.22. The summed E-state index contributed by atoms with van der Waals surface area (Å²) in [5.41, 5.74) is 5.35. The summed E-state index contributed by atoms with van der Waals surface area (Å²) >= 11 is 0. The molecule has 0 bridgehead atoms. The molecule has 106 valence electrons. The first-order valence-electron chi connectivity index (χ1n) is 7.60. The zero-order valence-electron chi connectivity index (χ0n) is 12.4. The Bertz CT molecular complexity index is 598. The van der Waals surface area contributed by atoms with E-state index in [1.165, 1.54) is 47.7 Å². The molecule has 3 nitrogen and oxygen atoms in total. The summed E-state index contributed by atoms with van der Waals surface area (Å²) in [6, 6.07) is 8.45. The molecule has 0 saturated carbocycles. The number of anilines is 1. The Hall–Kier alpha value is -1.77. The number of para-hydroxylation sites is 1. The van der Waals surface area contributed by atoms with Gasteiger partial charge in [-0.1, -0.05) is 18.2 Å². The average Bonchev–Trinajstić information content (AvgIpc) is 2.77. The first-order chi connectivity index (χ1) is 9.75. The summed E-state index contributed by atoms with van der Waals surface area (Å²) in [5.74, 6) is 1.17. The normalized spacial score (nSPS) is 14.1. The van der Waals surface area contributed by atoms with Crippen molar-refractivity contribution in [2.24, 2.45) is 0 Å². The molecular formula is C17H23N3. The maximum atomic E-state index is 4.73. The van der Waals surface area contributed by atoms with Crippen LogP contribution in [0, 0.1) is 13.8 Å². The van der Waals surface area contributed by atoms with Crippen LogP contribution in [0.2, 0.25) is 0 Å². The minimum absolute atomic E-state index is 0.953. The van der Waals surface area contributed by atoms with Gasteiger partial charge in [-0.15, -0.1) is 0 Å². The molecule has 0 aliphatic heterocycles. The van der Waals surface area contributed by atoms with Crippen molar-refractivity contribution >= 4 is 5.69 Å². The fourth-order valence-corrected chi connectivity index (χ4v) is 3.11. The van der Waals surface area contributed by atoms with Gasteiger partial charge in [-0.2, -0.15) is 0 Å². The molecule has 1 aliphatic rings.